The van der Waals surface area contributed by atoms with Crippen LogP contribution in [0, 0.1) is 0 Å². The molecule has 0 fully saturated rings. The Bertz CT molecular complexity index is 1010. The summed E-state index contributed by atoms with van der Waals surface area (Å²) >= 11 is 0. The first-order valence-corrected chi connectivity index (χ1v) is 7.43. The first kappa shape index (κ1) is 14.1. The smallest absolute Gasteiger partial charge is 0.337 e. The highest BCUT2D eigenvalue weighted by Crippen LogP contribution is 2.17. The topological polar surface area (TPSA) is 80.7 Å². The fourth-order valence-electron chi connectivity index (χ4n) is 2.30. The zero-order valence-corrected chi connectivity index (χ0v) is 12.0. The van der Waals surface area contributed by atoms with Gasteiger partial charge in [-0.2, -0.15) is 8.42 Å². The number of ether oxygens (including phenoxy) is 1. The minimum atomic E-state index is -2.63. The van der Waals surface area contributed by atoms with Crippen molar-refractivity contribution >= 4 is 32.8 Å². The molecule has 2 aromatic carbocycles. The Balaban J connectivity index is 2.27. The van der Waals surface area contributed by atoms with E-state index in [1.54, 1.807) is 42.5 Å². The molecule has 0 radical (unpaired) electrons. The van der Waals surface area contributed by atoms with Gasteiger partial charge in [0.15, 0.2) is 0 Å². The lowest BCUT2D eigenvalue weighted by Crippen LogP contribution is -2.26. The Morgan fingerprint density at radius 3 is 2.36 bits per heavy atom. The molecule has 0 heterocycles. The van der Waals surface area contributed by atoms with Gasteiger partial charge in [0.2, 0.25) is 10.3 Å². The summed E-state index contributed by atoms with van der Waals surface area (Å²) in [6, 6.07) is 13.8. The molecule has 0 saturated carbocycles. The second-order valence-corrected chi connectivity index (χ2v) is 5.47. The monoisotopic (exact) mass is 314 g/mol. The molecule has 22 heavy (non-hydrogen) atoms. The molecule has 0 spiro atoms. The van der Waals surface area contributed by atoms with Crippen LogP contribution in [0.3, 0.4) is 0 Å². The number of carboxylic acids is 1. The van der Waals surface area contributed by atoms with Gasteiger partial charge in [-0.05, 0) is 24.3 Å². The van der Waals surface area contributed by atoms with Gasteiger partial charge in [0.25, 0.3) is 0 Å². The van der Waals surface area contributed by atoms with Crippen molar-refractivity contribution in [1.82, 2.24) is 0 Å². The predicted octanol–water partition coefficient (Wildman–Crippen LogP) is 0.560. The van der Waals surface area contributed by atoms with E-state index in [0.29, 0.717) is 21.9 Å². The fraction of sp³-hybridized carbons (Fsp3) is 0. The van der Waals surface area contributed by atoms with Crippen LogP contribution < -0.4 is 15.2 Å². The van der Waals surface area contributed by atoms with Crippen molar-refractivity contribution < 1.29 is 23.1 Å². The van der Waals surface area contributed by atoms with Gasteiger partial charge in [-0.25, -0.2) is 4.79 Å². The number of para-hydroxylation sites is 1. The summed E-state index contributed by atoms with van der Waals surface area (Å²) in [5, 5.41) is 10.0. The van der Waals surface area contributed by atoms with Crippen molar-refractivity contribution in [2.75, 3.05) is 0 Å². The largest absolute Gasteiger partial charge is 0.478 e. The lowest BCUT2D eigenvalue weighted by atomic mass is 10.2. The van der Waals surface area contributed by atoms with Crippen LogP contribution in [0.2, 0.25) is 0 Å². The van der Waals surface area contributed by atoms with Gasteiger partial charge in [-0.3, -0.25) is 0 Å². The molecule has 3 rings (SSSR count). The second kappa shape index (κ2) is 5.50. The van der Waals surface area contributed by atoms with Crippen molar-refractivity contribution in [2.24, 2.45) is 0 Å². The molecule has 1 aliphatic carbocycles. The van der Waals surface area contributed by atoms with Crippen molar-refractivity contribution in [3.8, 4) is 11.5 Å². The fourth-order valence-corrected chi connectivity index (χ4v) is 2.88. The number of hydrogen-bond acceptors (Lipinski definition) is 4. The summed E-state index contributed by atoms with van der Waals surface area (Å²) in [5.74, 6) is -0.299. The maximum Gasteiger partial charge on any atom is 0.337 e. The van der Waals surface area contributed by atoms with Crippen LogP contribution in [0.4, 0.5) is 0 Å². The lowest BCUT2D eigenvalue weighted by molar-refractivity contribution is -0.130. The highest BCUT2D eigenvalue weighted by Gasteiger charge is 2.22. The molecule has 0 amide bonds. The molecule has 0 atom stereocenters. The molecule has 2 aromatic rings. The number of carboxylic acid groups (broad SMARTS) is 1. The first-order chi connectivity index (χ1) is 10.6. The third-order valence-electron chi connectivity index (χ3n) is 3.22. The van der Waals surface area contributed by atoms with Crippen LogP contribution in [0.5, 0.6) is 11.5 Å². The van der Waals surface area contributed by atoms with Gasteiger partial charge < -0.3 is 9.84 Å². The average molecular weight is 314 g/mol. The number of benzene rings is 2. The average Bonchev–Trinajstić information content (AvgIpc) is 2.89. The molecule has 0 unspecified atom stereocenters. The molecular formula is C16H10O5S. The van der Waals surface area contributed by atoms with Gasteiger partial charge >= 0.3 is 5.97 Å². The van der Waals surface area contributed by atoms with Crippen LogP contribution in [-0.4, -0.2) is 24.4 Å². The Morgan fingerprint density at radius 1 is 1.00 bits per heavy atom. The number of carbonyl (C=O) groups is 1. The number of rotatable bonds is 3. The van der Waals surface area contributed by atoms with Crippen LogP contribution in [0.1, 0.15) is 0 Å². The molecule has 0 bridgehead atoms. The van der Waals surface area contributed by atoms with Crippen LogP contribution in [0.15, 0.2) is 48.5 Å². The first-order valence-electron chi connectivity index (χ1n) is 6.36. The normalized spacial score (nSPS) is 12.5. The summed E-state index contributed by atoms with van der Waals surface area (Å²) < 4.78 is 28.2. The molecular weight excluding hydrogens is 304 g/mol. The van der Waals surface area contributed by atoms with E-state index < -0.39 is 16.3 Å². The lowest BCUT2D eigenvalue weighted by Gasteiger charge is -2.05. The van der Waals surface area contributed by atoms with Crippen molar-refractivity contribution in [2.45, 2.75) is 0 Å². The Labute approximate surface area is 126 Å². The molecule has 0 aromatic heterocycles. The van der Waals surface area contributed by atoms with E-state index in [-0.39, 0.29) is 10.4 Å². The van der Waals surface area contributed by atoms with Gasteiger partial charge in [-0.15, -0.1) is 0 Å². The van der Waals surface area contributed by atoms with Gasteiger partial charge in [0.05, 0.1) is 5.57 Å². The molecule has 110 valence electrons. The van der Waals surface area contributed by atoms with Gasteiger partial charge in [-0.1, -0.05) is 30.3 Å². The number of fused-ring (bicyclic) bond motifs is 1. The van der Waals surface area contributed by atoms with Gasteiger partial charge in [0.1, 0.15) is 16.4 Å². The Hall–Kier alpha value is -2.86. The maximum atomic E-state index is 11.4. The third kappa shape index (κ3) is 2.40. The molecule has 0 aliphatic heterocycles. The molecule has 1 aliphatic rings. The zero-order valence-electron chi connectivity index (χ0n) is 11.2. The zero-order chi connectivity index (χ0) is 15.7. The quantitative estimate of drug-likeness (QED) is 0.837. The highest BCUT2D eigenvalue weighted by atomic mass is 32.2. The Kier molecular flexibility index (Phi) is 3.52. The van der Waals surface area contributed by atoms with E-state index >= 15 is 0 Å². The summed E-state index contributed by atoms with van der Waals surface area (Å²) in [6.07, 6.45) is 1.32. The summed E-state index contributed by atoms with van der Waals surface area (Å²) in [6.45, 7) is 0. The molecule has 1 N–H and O–H groups in total. The minimum Gasteiger partial charge on any atom is -0.478 e. The molecule has 6 heteroatoms. The summed E-state index contributed by atoms with van der Waals surface area (Å²) in [5.41, 5.74) is -0.234. The summed E-state index contributed by atoms with van der Waals surface area (Å²) in [4.78, 5) is 11.1. The van der Waals surface area contributed by atoms with Crippen LogP contribution in [0.25, 0.3) is 11.6 Å². The highest BCUT2D eigenvalue weighted by molar-refractivity contribution is 7.75. The predicted molar refractivity (Wildman–Crippen MR) is 81.6 cm³/mol. The SMILES string of the molecule is O=C(O)C1=c2cccc(Oc3ccccc3)c2=CC1=S(=O)=O. The second-order valence-electron chi connectivity index (χ2n) is 4.56. The van der Waals surface area contributed by atoms with E-state index in [1.807, 2.05) is 6.07 Å². The van der Waals surface area contributed by atoms with Crippen molar-refractivity contribution in [3.63, 3.8) is 0 Å². The Morgan fingerprint density at radius 2 is 1.73 bits per heavy atom. The van der Waals surface area contributed by atoms with Crippen LogP contribution >= 0.6 is 0 Å². The van der Waals surface area contributed by atoms with Crippen molar-refractivity contribution in [3.05, 3.63) is 59.0 Å². The van der Waals surface area contributed by atoms with Crippen molar-refractivity contribution in [1.29, 1.82) is 0 Å². The van der Waals surface area contributed by atoms with Crippen LogP contribution in [-0.2, 0) is 15.1 Å². The number of aliphatic carboxylic acids is 1. The maximum absolute atomic E-state index is 11.4. The third-order valence-corrected chi connectivity index (χ3v) is 3.90. The van der Waals surface area contributed by atoms with Gasteiger partial charge in [0, 0.05) is 10.4 Å². The minimum absolute atomic E-state index is 0.234. The molecule has 0 saturated heterocycles. The van der Waals surface area contributed by atoms with E-state index in [9.17, 15) is 18.3 Å². The van der Waals surface area contributed by atoms with E-state index in [2.05, 4.69) is 0 Å². The van der Waals surface area contributed by atoms with E-state index in [0.717, 1.165) is 0 Å². The standard InChI is InChI=1S/C16H10O5S/c17-16(18)15-11-7-4-8-13(12(11)9-14(15)22(19)20)21-10-5-2-1-3-6-10/h1-9H,(H,17,18). The number of hydrogen-bond donors (Lipinski definition) is 1. The summed E-state index contributed by atoms with van der Waals surface area (Å²) in [7, 11) is -2.63. The molecule has 5 nitrogen and oxygen atoms in total. The van der Waals surface area contributed by atoms with E-state index in [1.165, 1.54) is 6.08 Å². The van der Waals surface area contributed by atoms with E-state index in [4.69, 9.17) is 4.74 Å².